The van der Waals surface area contributed by atoms with Crippen molar-refractivity contribution in [3.63, 3.8) is 0 Å². The zero-order valence-corrected chi connectivity index (χ0v) is 15.1. The van der Waals surface area contributed by atoms with Crippen LogP contribution in [0.25, 0.3) is 11.5 Å². The molecule has 0 saturated carbocycles. The summed E-state index contributed by atoms with van der Waals surface area (Å²) in [5, 5.41) is 0. The highest BCUT2D eigenvalue weighted by atomic mass is 16.6. The molecule has 3 aliphatic rings. The Morgan fingerprint density at radius 1 is 1.28 bits per heavy atom. The van der Waals surface area contributed by atoms with Gasteiger partial charge in [0, 0.05) is 19.6 Å². The van der Waals surface area contributed by atoms with Gasteiger partial charge in [-0.3, -0.25) is 0 Å². The molecule has 136 valence electrons. The fraction of sp³-hybridized carbons (Fsp3) is 0.647. The van der Waals surface area contributed by atoms with E-state index in [0.29, 0.717) is 17.4 Å². The molecule has 0 spiro atoms. The van der Waals surface area contributed by atoms with Crippen molar-refractivity contribution < 1.29 is 9.53 Å². The van der Waals surface area contributed by atoms with E-state index < -0.39 is 5.60 Å². The fourth-order valence-corrected chi connectivity index (χ4v) is 3.11. The number of fused-ring (bicyclic) bond motifs is 1. The Hall–Kier alpha value is -2.38. The summed E-state index contributed by atoms with van der Waals surface area (Å²) < 4.78 is 7.44. The van der Waals surface area contributed by atoms with E-state index in [1.54, 1.807) is 11.2 Å². The van der Waals surface area contributed by atoms with Crippen molar-refractivity contribution in [3.05, 3.63) is 12.7 Å². The third-order valence-electron chi connectivity index (χ3n) is 4.47. The summed E-state index contributed by atoms with van der Waals surface area (Å²) in [6.07, 6.45) is 6.01. The molecule has 1 fully saturated rings. The zero-order chi connectivity index (χ0) is 18.0. The average Bonchev–Trinajstić information content (AvgIpc) is 3.04. The highest BCUT2D eigenvalue weighted by Crippen LogP contribution is 2.25. The lowest BCUT2D eigenvalue weighted by Crippen LogP contribution is -2.41. The van der Waals surface area contributed by atoms with Crippen LogP contribution in [0.5, 0.6) is 0 Å². The van der Waals surface area contributed by atoms with Crippen molar-refractivity contribution >= 4 is 11.9 Å². The van der Waals surface area contributed by atoms with Crippen LogP contribution in [0, 0.1) is 5.92 Å². The number of amides is 1. The Labute approximate surface area is 147 Å². The van der Waals surface area contributed by atoms with Crippen molar-refractivity contribution in [2.24, 2.45) is 5.92 Å². The molecule has 0 bridgehead atoms. The minimum absolute atomic E-state index is 0.211. The maximum Gasteiger partial charge on any atom is 0.410 e. The molecule has 0 aromatic rings. The Morgan fingerprint density at radius 3 is 2.68 bits per heavy atom. The van der Waals surface area contributed by atoms with Gasteiger partial charge in [-0.25, -0.2) is 19.7 Å². The Balaban J connectivity index is 1.50. The number of aromatic nitrogens is 4. The molecule has 3 heterocycles. The summed E-state index contributed by atoms with van der Waals surface area (Å²) in [5.41, 5.74) is 6.03. The van der Waals surface area contributed by atoms with Crippen LogP contribution in [-0.4, -0.2) is 49.2 Å². The number of likely N-dealkylation sites (tertiary alicyclic amines) is 1. The summed E-state index contributed by atoms with van der Waals surface area (Å²) in [6, 6.07) is 0. The second kappa shape index (κ2) is 6.85. The van der Waals surface area contributed by atoms with E-state index in [1.807, 2.05) is 25.3 Å². The van der Waals surface area contributed by atoms with Crippen LogP contribution in [0.1, 0.15) is 40.0 Å². The molecule has 8 nitrogen and oxygen atoms in total. The van der Waals surface area contributed by atoms with Gasteiger partial charge in [0.1, 0.15) is 17.6 Å². The highest BCUT2D eigenvalue weighted by Gasteiger charge is 2.27. The van der Waals surface area contributed by atoms with Crippen LogP contribution in [0.3, 0.4) is 0 Å². The van der Waals surface area contributed by atoms with E-state index in [0.717, 1.165) is 44.7 Å². The monoisotopic (exact) mass is 346 g/mol. The molecular formula is C17H26N6O2. The maximum absolute atomic E-state index is 12.1. The molecule has 1 saturated heterocycles. The van der Waals surface area contributed by atoms with Gasteiger partial charge in [0.25, 0.3) is 0 Å². The number of rotatable bonds is 3. The molecule has 1 amide bonds. The zero-order valence-electron chi connectivity index (χ0n) is 15.1. The van der Waals surface area contributed by atoms with E-state index >= 15 is 0 Å². The molecule has 3 aliphatic heterocycles. The Bertz CT molecular complexity index is 700. The van der Waals surface area contributed by atoms with Crippen LogP contribution in [0.2, 0.25) is 0 Å². The van der Waals surface area contributed by atoms with Crippen LogP contribution >= 0.6 is 0 Å². The normalized spacial score (nSPS) is 16.4. The number of nitrogens with zero attached hydrogens (tertiary/aromatic N) is 5. The second-order valence-electron chi connectivity index (χ2n) is 7.57. The van der Waals surface area contributed by atoms with Crippen molar-refractivity contribution in [1.82, 2.24) is 24.4 Å². The number of anilines is 1. The van der Waals surface area contributed by atoms with E-state index in [4.69, 9.17) is 10.5 Å². The largest absolute Gasteiger partial charge is 0.444 e. The van der Waals surface area contributed by atoms with Gasteiger partial charge in [-0.1, -0.05) is 0 Å². The first-order valence-corrected chi connectivity index (χ1v) is 8.73. The quantitative estimate of drug-likeness (QED) is 0.916. The molecule has 0 radical (unpaired) electrons. The standard InChI is InChI=1S/C17H26N6O2/c1-17(2,3)25-16(24)22-7-4-12(5-8-22)6-9-23-11-21-14(18)13-15(23)20-10-19-13/h10-12H,4-9,18H2,1-3H3. The van der Waals surface area contributed by atoms with Crippen LogP contribution in [-0.2, 0) is 11.3 Å². The van der Waals surface area contributed by atoms with Gasteiger partial charge in [0.15, 0.2) is 11.6 Å². The first-order chi connectivity index (χ1) is 11.8. The first-order valence-electron chi connectivity index (χ1n) is 8.73. The number of imidazole rings is 1. The SMILES string of the molecule is CC(C)(C)OC(=O)N1CCC(CCn2cnc(N)c3ncnc2-3)CC1. The first kappa shape index (κ1) is 17.4. The number of nitrogens with two attached hydrogens (primary N) is 1. The van der Waals surface area contributed by atoms with Crippen LogP contribution in [0.15, 0.2) is 12.7 Å². The molecule has 0 aromatic carbocycles. The van der Waals surface area contributed by atoms with Gasteiger partial charge < -0.3 is 19.9 Å². The number of ether oxygens (including phenoxy) is 1. The smallest absolute Gasteiger partial charge is 0.410 e. The number of nitrogen functional groups attached to an aromatic ring is 1. The minimum atomic E-state index is -0.446. The van der Waals surface area contributed by atoms with Gasteiger partial charge >= 0.3 is 6.09 Å². The van der Waals surface area contributed by atoms with Crippen LogP contribution in [0.4, 0.5) is 10.6 Å². The predicted molar refractivity (Wildman–Crippen MR) is 94.0 cm³/mol. The van der Waals surface area contributed by atoms with E-state index in [1.165, 1.54) is 6.33 Å². The summed E-state index contributed by atoms with van der Waals surface area (Å²) in [4.78, 5) is 26.5. The lowest BCUT2D eigenvalue weighted by Gasteiger charge is -2.33. The lowest BCUT2D eigenvalue weighted by molar-refractivity contribution is 0.0180. The van der Waals surface area contributed by atoms with E-state index in [9.17, 15) is 4.79 Å². The molecule has 0 unspecified atom stereocenters. The molecule has 2 N–H and O–H groups in total. The number of aryl methyl sites for hydroxylation is 1. The Morgan fingerprint density at radius 2 is 2.00 bits per heavy atom. The summed E-state index contributed by atoms with van der Waals surface area (Å²) >= 11 is 0. The number of carbonyl (C=O) groups is 1. The molecule has 25 heavy (non-hydrogen) atoms. The number of hydrogen-bond acceptors (Lipinski definition) is 6. The topological polar surface area (TPSA) is 99.2 Å². The van der Waals surface area contributed by atoms with Crippen molar-refractivity contribution in [1.29, 1.82) is 0 Å². The third-order valence-corrected chi connectivity index (χ3v) is 4.47. The van der Waals surface area contributed by atoms with Crippen molar-refractivity contribution in [3.8, 4) is 11.5 Å². The number of piperidine rings is 1. The molecule has 0 atom stereocenters. The highest BCUT2D eigenvalue weighted by molar-refractivity contribution is 5.68. The molecule has 8 heteroatoms. The average molecular weight is 346 g/mol. The van der Waals surface area contributed by atoms with Gasteiger partial charge in [-0.2, -0.15) is 0 Å². The maximum atomic E-state index is 12.1. The van der Waals surface area contributed by atoms with Gasteiger partial charge in [-0.05, 0) is 46.0 Å². The van der Waals surface area contributed by atoms with E-state index in [2.05, 4.69) is 15.0 Å². The fourth-order valence-electron chi connectivity index (χ4n) is 3.11. The number of carbonyl (C=O) groups excluding carboxylic acids is 1. The molecule has 3 rings (SSSR count). The third kappa shape index (κ3) is 4.18. The molecule has 0 aromatic heterocycles. The molecule has 0 aliphatic carbocycles. The Kier molecular flexibility index (Phi) is 4.78. The van der Waals surface area contributed by atoms with Crippen LogP contribution < -0.4 is 5.73 Å². The second-order valence-corrected chi connectivity index (χ2v) is 7.57. The minimum Gasteiger partial charge on any atom is -0.444 e. The predicted octanol–water partition coefficient (Wildman–Crippen LogP) is 2.40. The van der Waals surface area contributed by atoms with Gasteiger partial charge in [0.05, 0.1) is 6.33 Å². The number of hydrogen-bond donors (Lipinski definition) is 1. The summed E-state index contributed by atoms with van der Waals surface area (Å²) in [5.74, 6) is 1.76. The lowest BCUT2D eigenvalue weighted by atomic mass is 9.93. The van der Waals surface area contributed by atoms with Crippen molar-refractivity contribution in [2.75, 3.05) is 18.8 Å². The summed E-state index contributed by atoms with van der Waals surface area (Å²) in [7, 11) is 0. The van der Waals surface area contributed by atoms with Gasteiger partial charge in [-0.15, -0.1) is 0 Å². The molecular weight excluding hydrogens is 320 g/mol. The van der Waals surface area contributed by atoms with Crippen molar-refractivity contribution in [2.45, 2.75) is 52.2 Å². The van der Waals surface area contributed by atoms with E-state index in [-0.39, 0.29) is 6.09 Å². The van der Waals surface area contributed by atoms with Gasteiger partial charge in [0.2, 0.25) is 0 Å². The summed E-state index contributed by atoms with van der Waals surface area (Å²) in [6.45, 7) is 7.99.